The molecule has 0 radical (unpaired) electrons. The van der Waals surface area contributed by atoms with Gasteiger partial charge in [0.2, 0.25) is 11.5 Å². The number of hydrogen-bond donors (Lipinski definition) is 3. The molecule has 0 saturated heterocycles. The van der Waals surface area contributed by atoms with Crippen molar-refractivity contribution in [1.29, 1.82) is 0 Å². The van der Waals surface area contributed by atoms with Crippen LogP contribution in [0.4, 0.5) is 23.1 Å². The van der Waals surface area contributed by atoms with Crippen molar-refractivity contribution >= 4 is 44.0 Å². The molecule has 0 bridgehead atoms. The van der Waals surface area contributed by atoms with E-state index in [1.54, 1.807) is 51.4 Å². The van der Waals surface area contributed by atoms with E-state index >= 15 is 0 Å². The number of methoxy groups -OCH3 is 1. The minimum Gasteiger partial charge on any atom is -0.493 e. The van der Waals surface area contributed by atoms with Crippen LogP contribution in [0.25, 0.3) is 11.0 Å². The Labute approximate surface area is 187 Å². The van der Waals surface area contributed by atoms with Gasteiger partial charge in [-0.15, -0.1) is 0 Å². The van der Waals surface area contributed by atoms with Crippen molar-refractivity contribution in [3.8, 4) is 5.75 Å². The number of hydrogen-bond acceptors (Lipinski definition) is 6. The quantitative estimate of drug-likeness (QED) is 0.384. The fourth-order valence-corrected chi connectivity index (χ4v) is 4.59. The molecule has 2 aromatic heterocycles. The molecule has 0 aliphatic carbocycles. The summed E-state index contributed by atoms with van der Waals surface area (Å²) in [6.45, 7) is 5.34. The molecule has 2 heterocycles. The SMILES string of the molecule is COc1ccc(C)cc1Nc1nc(Nc2ccccc2S(=O)(=O)C(C)C)c2cc[nH]c2[nH+]1. The van der Waals surface area contributed by atoms with Crippen LogP contribution in [0, 0.1) is 6.92 Å². The summed E-state index contributed by atoms with van der Waals surface area (Å²) in [5.74, 6) is 1.66. The molecule has 0 aliphatic heterocycles. The van der Waals surface area contributed by atoms with Gasteiger partial charge < -0.3 is 10.1 Å². The fourth-order valence-electron chi connectivity index (χ4n) is 3.39. The maximum absolute atomic E-state index is 12.9. The molecule has 0 saturated carbocycles. The van der Waals surface area contributed by atoms with Gasteiger partial charge in [0.05, 0.1) is 28.3 Å². The zero-order valence-corrected chi connectivity index (χ0v) is 19.2. The summed E-state index contributed by atoms with van der Waals surface area (Å²) >= 11 is 0. The number of H-pyrrole nitrogens is 2. The monoisotopic (exact) mass is 452 g/mol. The van der Waals surface area contributed by atoms with Crippen LogP contribution in [0.5, 0.6) is 5.75 Å². The van der Waals surface area contributed by atoms with Gasteiger partial charge in [0.15, 0.2) is 15.6 Å². The molecule has 4 aromatic rings. The molecule has 0 amide bonds. The van der Waals surface area contributed by atoms with E-state index in [0.29, 0.717) is 23.2 Å². The second kappa shape index (κ2) is 8.51. The van der Waals surface area contributed by atoms with Crippen LogP contribution in [-0.4, -0.2) is 30.7 Å². The van der Waals surface area contributed by atoms with Gasteiger partial charge in [0, 0.05) is 6.20 Å². The summed E-state index contributed by atoms with van der Waals surface area (Å²) in [6, 6.07) is 14.5. The number of benzene rings is 2. The number of anilines is 4. The number of para-hydroxylation sites is 1. The summed E-state index contributed by atoms with van der Waals surface area (Å²) in [7, 11) is -1.87. The summed E-state index contributed by atoms with van der Waals surface area (Å²) in [5, 5.41) is 6.75. The van der Waals surface area contributed by atoms with Crippen molar-refractivity contribution in [2.75, 3.05) is 17.7 Å². The van der Waals surface area contributed by atoms with E-state index in [4.69, 9.17) is 4.74 Å². The Balaban J connectivity index is 1.78. The smallest absolute Gasteiger partial charge is 0.351 e. The molecule has 4 rings (SSSR count). The number of aryl methyl sites for hydroxylation is 1. The van der Waals surface area contributed by atoms with Gasteiger partial charge in [-0.25, -0.2) is 13.4 Å². The number of fused-ring (bicyclic) bond motifs is 1. The zero-order valence-electron chi connectivity index (χ0n) is 18.4. The standard InChI is InChI=1S/C23H25N5O3S/c1-14(2)32(29,30)20-8-6-5-7-17(20)25-22-16-11-12-24-21(16)27-23(28-22)26-18-13-15(3)9-10-19(18)31-4/h5-14H,1-4H3,(H3,24,25,26,27,28)/p+1. The number of ether oxygens (including phenoxy) is 1. The van der Waals surface area contributed by atoms with Gasteiger partial charge in [0.25, 0.3) is 0 Å². The van der Waals surface area contributed by atoms with E-state index in [1.807, 2.05) is 31.2 Å². The molecule has 2 aromatic carbocycles. The molecule has 0 atom stereocenters. The number of aromatic amines is 2. The van der Waals surface area contributed by atoms with Gasteiger partial charge in [-0.05, 0) is 56.7 Å². The molecular formula is C23H26N5O3S+. The Hall–Kier alpha value is -3.59. The van der Waals surface area contributed by atoms with E-state index in [0.717, 1.165) is 22.3 Å². The predicted octanol–water partition coefficient (Wildman–Crippen LogP) is 4.36. The maximum Gasteiger partial charge on any atom is 0.351 e. The van der Waals surface area contributed by atoms with E-state index < -0.39 is 15.1 Å². The van der Waals surface area contributed by atoms with Gasteiger partial charge in [-0.3, -0.25) is 10.3 Å². The fraction of sp³-hybridized carbons (Fsp3) is 0.217. The lowest BCUT2D eigenvalue weighted by Crippen LogP contribution is -2.17. The van der Waals surface area contributed by atoms with Crippen LogP contribution >= 0.6 is 0 Å². The van der Waals surface area contributed by atoms with Crippen molar-refractivity contribution < 1.29 is 18.1 Å². The summed E-state index contributed by atoms with van der Waals surface area (Å²) in [6.07, 6.45) is 1.79. The van der Waals surface area contributed by atoms with Crippen molar-refractivity contribution in [3.63, 3.8) is 0 Å². The highest BCUT2D eigenvalue weighted by Crippen LogP contribution is 2.31. The minimum absolute atomic E-state index is 0.239. The van der Waals surface area contributed by atoms with Crippen LogP contribution in [0.1, 0.15) is 19.4 Å². The molecule has 32 heavy (non-hydrogen) atoms. The highest BCUT2D eigenvalue weighted by molar-refractivity contribution is 7.92. The lowest BCUT2D eigenvalue weighted by Gasteiger charge is -2.14. The largest absolute Gasteiger partial charge is 0.493 e. The highest BCUT2D eigenvalue weighted by atomic mass is 32.2. The van der Waals surface area contributed by atoms with Gasteiger partial charge >= 0.3 is 5.95 Å². The van der Waals surface area contributed by atoms with Crippen molar-refractivity contribution in [2.45, 2.75) is 30.9 Å². The first kappa shape index (κ1) is 21.6. The molecule has 9 heteroatoms. The van der Waals surface area contributed by atoms with Crippen LogP contribution in [0.15, 0.2) is 59.6 Å². The van der Waals surface area contributed by atoms with E-state index in [1.165, 1.54) is 0 Å². The first-order valence-electron chi connectivity index (χ1n) is 10.2. The minimum atomic E-state index is -3.48. The van der Waals surface area contributed by atoms with Gasteiger partial charge in [0.1, 0.15) is 5.69 Å². The van der Waals surface area contributed by atoms with Crippen molar-refractivity contribution in [1.82, 2.24) is 9.97 Å². The normalized spacial score (nSPS) is 11.7. The lowest BCUT2D eigenvalue weighted by atomic mass is 10.2. The molecule has 8 nitrogen and oxygen atoms in total. The summed E-state index contributed by atoms with van der Waals surface area (Å²) in [4.78, 5) is 11.3. The Morgan fingerprint density at radius 1 is 1.06 bits per heavy atom. The zero-order chi connectivity index (χ0) is 22.9. The number of sulfone groups is 1. The second-order valence-corrected chi connectivity index (χ2v) is 10.2. The number of nitrogens with zero attached hydrogens (tertiary/aromatic N) is 1. The van der Waals surface area contributed by atoms with Crippen LogP contribution in [0.3, 0.4) is 0 Å². The third-order valence-electron chi connectivity index (χ3n) is 5.14. The number of rotatable bonds is 7. The first-order valence-corrected chi connectivity index (χ1v) is 11.8. The van der Waals surface area contributed by atoms with Gasteiger partial charge in [-0.1, -0.05) is 23.2 Å². The van der Waals surface area contributed by atoms with E-state index in [2.05, 4.69) is 25.6 Å². The van der Waals surface area contributed by atoms with Crippen LogP contribution < -0.4 is 20.4 Å². The molecular weight excluding hydrogens is 426 g/mol. The first-order chi connectivity index (χ1) is 15.3. The summed E-state index contributed by atoms with van der Waals surface area (Å²) in [5.41, 5.74) is 3.04. The highest BCUT2D eigenvalue weighted by Gasteiger charge is 2.24. The van der Waals surface area contributed by atoms with Crippen LogP contribution in [0.2, 0.25) is 0 Å². The molecule has 4 N–H and O–H groups in total. The Bertz CT molecular complexity index is 1380. The average Bonchev–Trinajstić information content (AvgIpc) is 3.23. The van der Waals surface area contributed by atoms with Crippen molar-refractivity contribution in [2.24, 2.45) is 0 Å². The Morgan fingerprint density at radius 2 is 1.84 bits per heavy atom. The number of aromatic nitrogens is 3. The lowest BCUT2D eigenvalue weighted by molar-refractivity contribution is -0.333. The van der Waals surface area contributed by atoms with Crippen molar-refractivity contribution in [3.05, 3.63) is 60.3 Å². The van der Waals surface area contributed by atoms with Gasteiger partial charge in [-0.2, -0.15) is 0 Å². The maximum atomic E-state index is 12.9. The van der Waals surface area contributed by atoms with Crippen LogP contribution in [-0.2, 0) is 9.84 Å². The Morgan fingerprint density at radius 3 is 2.59 bits per heavy atom. The van der Waals surface area contributed by atoms with E-state index in [-0.39, 0.29) is 4.90 Å². The third kappa shape index (κ3) is 4.11. The number of nitrogens with one attached hydrogen (secondary N) is 4. The second-order valence-electron chi connectivity index (χ2n) is 7.74. The summed E-state index contributed by atoms with van der Waals surface area (Å²) < 4.78 is 31.2. The average molecular weight is 453 g/mol. The molecule has 166 valence electrons. The van der Waals surface area contributed by atoms with E-state index in [9.17, 15) is 8.42 Å². The Kier molecular flexibility index (Phi) is 5.75. The molecule has 0 unspecified atom stereocenters. The topological polar surface area (TPSA) is 110 Å². The molecule has 0 spiro atoms. The molecule has 0 fully saturated rings. The molecule has 0 aliphatic rings. The predicted molar refractivity (Wildman–Crippen MR) is 126 cm³/mol. The third-order valence-corrected chi connectivity index (χ3v) is 7.35.